The van der Waals surface area contributed by atoms with Gasteiger partial charge in [0.2, 0.25) is 0 Å². The van der Waals surface area contributed by atoms with Crippen molar-refractivity contribution in [3.8, 4) is 0 Å². The number of ether oxygens (including phenoxy) is 2. The second kappa shape index (κ2) is 8.71. The molecule has 0 radical (unpaired) electrons. The van der Waals surface area contributed by atoms with Crippen molar-refractivity contribution in [1.29, 1.82) is 0 Å². The van der Waals surface area contributed by atoms with E-state index in [1.165, 1.54) is 13.0 Å². The number of carbonyl (C=O) groups is 1. The Bertz CT molecular complexity index is 313. The van der Waals surface area contributed by atoms with Crippen LogP contribution in [0.2, 0.25) is 0 Å². The van der Waals surface area contributed by atoms with Crippen molar-refractivity contribution in [2.24, 2.45) is 0 Å². The molecular weight excluding hydrogens is 268 g/mol. The lowest BCUT2D eigenvalue weighted by atomic mass is 10.2. The second-order valence-electron chi connectivity index (χ2n) is 7.11. The van der Waals surface area contributed by atoms with Crippen LogP contribution in [0, 0.1) is 0 Å². The molecule has 1 aliphatic heterocycles. The number of esters is 1. The van der Waals surface area contributed by atoms with E-state index in [4.69, 9.17) is 9.47 Å². The van der Waals surface area contributed by atoms with Gasteiger partial charge in [0.1, 0.15) is 13.1 Å². The number of hydrogen-bond donors (Lipinski definition) is 0. The van der Waals surface area contributed by atoms with Gasteiger partial charge in [-0.2, -0.15) is 0 Å². The maximum absolute atomic E-state index is 11.6. The first-order chi connectivity index (χ1) is 9.87. The molecule has 0 aromatic carbocycles. The predicted octanol–water partition coefficient (Wildman–Crippen LogP) is 1.27. The molecule has 1 saturated heterocycles. The van der Waals surface area contributed by atoms with E-state index < -0.39 is 0 Å². The van der Waals surface area contributed by atoms with Gasteiger partial charge in [-0.1, -0.05) is 6.92 Å². The van der Waals surface area contributed by atoms with Crippen LogP contribution in [0.1, 0.15) is 26.2 Å². The molecule has 21 heavy (non-hydrogen) atoms. The summed E-state index contributed by atoms with van der Waals surface area (Å²) in [6.45, 7) is 9.74. The number of rotatable bonds is 9. The summed E-state index contributed by atoms with van der Waals surface area (Å²) in [4.78, 5) is 11.6. The number of likely N-dealkylation sites (N-methyl/N-ethyl adjacent to an activating group) is 1. The van der Waals surface area contributed by atoms with E-state index in [1.807, 2.05) is 6.92 Å². The summed E-state index contributed by atoms with van der Waals surface area (Å²) in [7, 11) is 6.73. The van der Waals surface area contributed by atoms with Crippen LogP contribution >= 0.6 is 0 Å². The zero-order valence-corrected chi connectivity index (χ0v) is 14.4. The van der Waals surface area contributed by atoms with Crippen molar-refractivity contribution in [2.45, 2.75) is 26.2 Å². The van der Waals surface area contributed by atoms with Crippen molar-refractivity contribution in [2.75, 3.05) is 73.7 Å². The van der Waals surface area contributed by atoms with Gasteiger partial charge in [0.15, 0.2) is 0 Å². The van der Waals surface area contributed by atoms with Gasteiger partial charge in [-0.15, -0.1) is 0 Å². The Labute approximate surface area is 130 Å². The van der Waals surface area contributed by atoms with Gasteiger partial charge in [0.05, 0.1) is 67.0 Å². The van der Waals surface area contributed by atoms with Gasteiger partial charge in [0.25, 0.3) is 0 Å². The van der Waals surface area contributed by atoms with E-state index in [0.29, 0.717) is 13.0 Å². The highest BCUT2D eigenvalue weighted by molar-refractivity contribution is 5.69. The van der Waals surface area contributed by atoms with Crippen molar-refractivity contribution < 1.29 is 23.2 Å². The number of quaternary nitrogens is 2. The molecule has 0 aromatic heterocycles. The Morgan fingerprint density at radius 3 is 2.52 bits per heavy atom. The quantitative estimate of drug-likeness (QED) is 0.475. The first-order valence-electron chi connectivity index (χ1n) is 8.26. The van der Waals surface area contributed by atoms with Crippen LogP contribution in [0.25, 0.3) is 0 Å². The third kappa shape index (κ3) is 7.79. The summed E-state index contributed by atoms with van der Waals surface area (Å²) in [6, 6.07) is 0. The van der Waals surface area contributed by atoms with E-state index in [-0.39, 0.29) is 5.97 Å². The van der Waals surface area contributed by atoms with Crippen LogP contribution in [0.3, 0.4) is 0 Å². The normalized spacial score (nSPS) is 18.5. The first kappa shape index (κ1) is 18.4. The molecule has 0 aromatic rings. The molecule has 124 valence electrons. The highest BCUT2D eigenvalue weighted by Crippen LogP contribution is 2.10. The molecule has 1 heterocycles. The highest BCUT2D eigenvalue weighted by Gasteiger charge is 2.26. The van der Waals surface area contributed by atoms with Gasteiger partial charge in [0, 0.05) is 6.42 Å². The zero-order chi connectivity index (χ0) is 15.8. The Morgan fingerprint density at radius 1 is 1.24 bits per heavy atom. The third-order valence-corrected chi connectivity index (χ3v) is 4.40. The molecule has 5 heteroatoms. The number of morpholine rings is 1. The van der Waals surface area contributed by atoms with E-state index >= 15 is 0 Å². The molecule has 0 saturated carbocycles. The monoisotopic (exact) mass is 302 g/mol. The average Bonchev–Trinajstić information content (AvgIpc) is 2.43. The fourth-order valence-electron chi connectivity index (χ4n) is 2.68. The molecule has 0 unspecified atom stereocenters. The van der Waals surface area contributed by atoms with E-state index in [2.05, 4.69) is 21.1 Å². The second-order valence-corrected chi connectivity index (χ2v) is 7.11. The van der Waals surface area contributed by atoms with Gasteiger partial charge in [-0.25, -0.2) is 0 Å². The minimum atomic E-state index is -0.0600. The van der Waals surface area contributed by atoms with Gasteiger partial charge >= 0.3 is 5.97 Å². The Hall–Kier alpha value is -0.650. The van der Waals surface area contributed by atoms with Crippen molar-refractivity contribution >= 4 is 5.97 Å². The summed E-state index contributed by atoms with van der Waals surface area (Å²) in [5.41, 5.74) is 0. The van der Waals surface area contributed by atoms with Crippen LogP contribution in [-0.4, -0.2) is 88.6 Å². The minimum absolute atomic E-state index is 0.0600. The highest BCUT2D eigenvalue weighted by atomic mass is 16.5. The van der Waals surface area contributed by atoms with Gasteiger partial charge < -0.3 is 18.4 Å². The summed E-state index contributed by atoms with van der Waals surface area (Å²) >= 11 is 0. The molecule has 1 aliphatic rings. The fourth-order valence-corrected chi connectivity index (χ4v) is 2.68. The lowest BCUT2D eigenvalue weighted by Crippen LogP contribution is -2.53. The molecule has 0 aliphatic carbocycles. The van der Waals surface area contributed by atoms with E-state index in [9.17, 15) is 4.79 Å². The summed E-state index contributed by atoms with van der Waals surface area (Å²) < 4.78 is 12.6. The Morgan fingerprint density at radius 2 is 1.90 bits per heavy atom. The lowest BCUT2D eigenvalue weighted by Gasteiger charge is -2.38. The van der Waals surface area contributed by atoms with Crippen molar-refractivity contribution in [3.05, 3.63) is 0 Å². The SMILES string of the molecule is CCCOC(=O)CC[N+](C)(C)CCC[N+]1(C)CCOCC1. The van der Waals surface area contributed by atoms with Crippen LogP contribution in [0.15, 0.2) is 0 Å². The standard InChI is InChI=1S/C16H34N2O3/c1-5-13-21-16(19)7-10-17(2,3)8-6-9-18(4)11-14-20-15-12-18/h5-15H2,1-4H3/q+2. The van der Waals surface area contributed by atoms with E-state index in [0.717, 1.165) is 54.8 Å². The predicted molar refractivity (Wildman–Crippen MR) is 83.9 cm³/mol. The smallest absolute Gasteiger partial charge is 0.311 e. The summed E-state index contributed by atoms with van der Waals surface area (Å²) in [6.07, 6.45) is 2.60. The lowest BCUT2D eigenvalue weighted by molar-refractivity contribution is -0.926. The molecular formula is C16H34N2O3+2. The molecule has 0 spiro atoms. The first-order valence-corrected chi connectivity index (χ1v) is 8.26. The van der Waals surface area contributed by atoms with Crippen molar-refractivity contribution in [3.63, 3.8) is 0 Å². The Balaban J connectivity index is 2.21. The minimum Gasteiger partial charge on any atom is -0.466 e. The Kier molecular flexibility index (Phi) is 7.63. The molecule has 1 fully saturated rings. The van der Waals surface area contributed by atoms with Gasteiger partial charge in [-0.05, 0) is 6.42 Å². The maximum Gasteiger partial charge on any atom is 0.311 e. The number of hydrogen-bond acceptors (Lipinski definition) is 3. The summed E-state index contributed by atoms with van der Waals surface area (Å²) in [5, 5.41) is 0. The molecule has 0 amide bonds. The molecule has 1 rings (SSSR count). The maximum atomic E-state index is 11.6. The molecule has 0 N–H and O–H groups in total. The number of carbonyl (C=O) groups excluding carboxylic acids is 1. The molecule has 0 bridgehead atoms. The number of nitrogens with zero attached hydrogens (tertiary/aromatic N) is 2. The summed E-state index contributed by atoms with van der Waals surface area (Å²) in [5.74, 6) is -0.0600. The van der Waals surface area contributed by atoms with Crippen LogP contribution in [0.5, 0.6) is 0 Å². The molecule has 0 atom stereocenters. The third-order valence-electron chi connectivity index (χ3n) is 4.40. The topological polar surface area (TPSA) is 35.5 Å². The van der Waals surface area contributed by atoms with Crippen molar-refractivity contribution in [1.82, 2.24) is 0 Å². The average molecular weight is 302 g/mol. The van der Waals surface area contributed by atoms with Crippen LogP contribution < -0.4 is 0 Å². The van der Waals surface area contributed by atoms with Gasteiger partial charge in [-0.3, -0.25) is 4.79 Å². The zero-order valence-electron chi connectivity index (χ0n) is 14.4. The molecule has 5 nitrogen and oxygen atoms in total. The van der Waals surface area contributed by atoms with Crippen LogP contribution in [0.4, 0.5) is 0 Å². The van der Waals surface area contributed by atoms with Crippen LogP contribution in [-0.2, 0) is 14.3 Å². The van der Waals surface area contributed by atoms with E-state index in [1.54, 1.807) is 0 Å². The fraction of sp³-hybridized carbons (Fsp3) is 0.938. The largest absolute Gasteiger partial charge is 0.466 e.